The molecule has 8 nitrogen and oxygen atoms in total. The first-order valence-corrected chi connectivity index (χ1v) is 10.8. The number of rotatable bonds is 10. The van der Waals surface area contributed by atoms with E-state index in [9.17, 15) is 13.2 Å². The zero-order chi connectivity index (χ0) is 21.4. The van der Waals surface area contributed by atoms with E-state index in [2.05, 4.69) is 5.32 Å². The number of sulfonamides is 1. The van der Waals surface area contributed by atoms with Crippen LogP contribution in [0.1, 0.15) is 12.5 Å². The molecule has 0 aromatic heterocycles. The SMILES string of the molecule is CCOc1cccc(CNC(=O)CN(c2ccc(OC)cc2OC)S(C)(=O)=O)c1. The molecular weight excluding hydrogens is 396 g/mol. The van der Waals surface area contributed by atoms with Gasteiger partial charge in [0.15, 0.2) is 0 Å². The van der Waals surface area contributed by atoms with Crippen molar-refractivity contribution in [2.24, 2.45) is 0 Å². The summed E-state index contributed by atoms with van der Waals surface area (Å²) < 4.78 is 41.5. The number of hydrogen-bond acceptors (Lipinski definition) is 6. The highest BCUT2D eigenvalue weighted by Crippen LogP contribution is 2.33. The largest absolute Gasteiger partial charge is 0.497 e. The van der Waals surface area contributed by atoms with Gasteiger partial charge in [-0.25, -0.2) is 8.42 Å². The molecule has 0 aliphatic rings. The van der Waals surface area contributed by atoms with Crippen LogP contribution in [0, 0.1) is 0 Å². The van der Waals surface area contributed by atoms with Crippen LogP contribution in [0.2, 0.25) is 0 Å². The van der Waals surface area contributed by atoms with Crippen LogP contribution in [0.3, 0.4) is 0 Å². The quantitative estimate of drug-likeness (QED) is 0.631. The van der Waals surface area contributed by atoms with Gasteiger partial charge in [-0.3, -0.25) is 9.10 Å². The van der Waals surface area contributed by atoms with Gasteiger partial charge in [0, 0.05) is 12.6 Å². The molecule has 29 heavy (non-hydrogen) atoms. The summed E-state index contributed by atoms with van der Waals surface area (Å²) in [5.74, 6) is 1.06. The first kappa shape index (κ1) is 22.4. The topological polar surface area (TPSA) is 94.2 Å². The van der Waals surface area contributed by atoms with Crippen molar-refractivity contribution in [2.75, 3.05) is 37.9 Å². The average molecular weight is 423 g/mol. The number of carbonyl (C=O) groups excluding carboxylic acids is 1. The van der Waals surface area contributed by atoms with E-state index in [4.69, 9.17) is 14.2 Å². The summed E-state index contributed by atoms with van der Waals surface area (Å²) in [6.45, 7) is 2.30. The van der Waals surface area contributed by atoms with Crippen molar-refractivity contribution in [1.82, 2.24) is 5.32 Å². The third kappa shape index (κ3) is 6.28. The Morgan fingerprint density at radius 2 is 1.83 bits per heavy atom. The van der Waals surface area contributed by atoms with Crippen LogP contribution in [0.25, 0.3) is 0 Å². The minimum Gasteiger partial charge on any atom is -0.497 e. The average Bonchev–Trinajstić information content (AvgIpc) is 2.70. The predicted molar refractivity (Wildman–Crippen MR) is 111 cm³/mol. The van der Waals surface area contributed by atoms with Crippen molar-refractivity contribution in [1.29, 1.82) is 0 Å². The fourth-order valence-corrected chi connectivity index (χ4v) is 3.53. The fourth-order valence-electron chi connectivity index (χ4n) is 2.67. The second-order valence-electron chi connectivity index (χ2n) is 6.16. The van der Waals surface area contributed by atoms with Gasteiger partial charge in [-0.15, -0.1) is 0 Å². The van der Waals surface area contributed by atoms with E-state index in [1.54, 1.807) is 12.1 Å². The smallest absolute Gasteiger partial charge is 0.241 e. The molecule has 2 aromatic rings. The number of methoxy groups -OCH3 is 2. The number of ether oxygens (including phenoxy) is 3. The maximum atomic E-state index is 12.5. The lowest BCUT2D eigenvalue weighted by atomic mass is 10.2. The Labute approximate surface area is 171 Å². The number of nitrogens with zero attached hydrogens (tertiary/aromatic N) is 1. The van der Waals surface area contributed by atoms with Gasteiger partial charge in [0.05, 0.1) is 32.8 Å². The van der Waals surface area contributed by atoms with Gasteiger partial charge in [-0.05, 0) is 36.8 Å². The molecule has 0 saturated carbocycles. The molecule has 0 saturated heterocycles. The molecule has 0 bridgehead atoms. The van der Waals surface area contributed by atoms with Crippen LogP contribution in [-0.4, -0.2) is 48.0 Å². The molecule has 9 heteroatoms. The summed E-state index contributed by atoms with van der Waals surface area (Å²) in [5, 5.41) is 2.73. The number of benzene rings is 2. The number of amides is 1. The molecule has 0 radical (unpaired) electrons. The van der Waals surface area contributed by atoms with E-state index < -0.39 is 15.9 Å². The molecule has 1 N–H and O–H groups in total. The Kier molecular flexibility index (Phi) is 7.72. The molecule has 2 rings (SSSR count). The van der Waals surface area contributed by atoms with E-state index in [0.29, 0.717) is 18.1 Å². The van der Waals surface area contributed by atoms with E-state index in [0.717, 1.165) is 16.1 Å². The van der Waals surface area contributed by atoms with Gasteiger partial charge in [0.2, 0.25) is 15.9 Å². The van der Waals surface area contributed by atoms with Gasteiger partial charge in [0.1, 0.15) is 23.8 Å². The second kappa shape index (κ2) is 10.0. The minimum absolute atomic E-state index is 0.247. The molecule has 0 fully saturated rings. The molecule has 0 aliphatic heterocycles. The van der Waals surface area contributed by atoms with Crippen molar-refractivity contribution in [2.45, 2.75) is 13.5 Å². The lowest BCUT2D eigenvalue weighted by Crippen LogP contribution is -2.40. The van der Waals surface area contributed by atoms with Crippen molar-refractivity contribution in [3.8, 4) is 17.2 Å². The van der Waals surface area contributed by atoms with Crippen molar-refractivity contribution in [3.05, 3.63) is 48.0 Å². The molecule has 0 spiro atoms. The van der Waals surface area contributed by atoms with Crippen molar-refractivity contribution in [3.63, 3.8) is 0 Å². The Morgan fingerprint density at radius 3 is 2.45 bits per heavy atom. The summed E-state index contributed by atoms with van der Waals surface area (Å²) >= 11 is 0. The van der Waals surface area contributed by atoms with Crippen LogP contribution in [-0.2, 0) is 21.4 Å². The zero-order valence-electron chi connectivity index (χ0n) is 17.0. The van der Waals surface area contributed by atoms with Crippen LogP contribution < -0.4 is 23.8 Å². The molecule has 0 atom stereocenters. The second-order valence-corrected chi connectivity index (χ2v) is 8.07. The third-order valence-electron chi connectivity index (χ3n) is 4.04. The molecule has 2 aromatic carbocycles. The maximum Gasteiger partial charge on any atom is 0.241 e. The highest BCUT2D eigenvalue weighted by Gasteiger charge is 2.24. The van der Waals surface area contributed by atoms with Gasteiger partial charge in [-0.2, -0.15) is 0 Å². The van der Waals surface area contributed by atoms with Crippen molar-refractivity contribution >= 4 is 21.6 Å². The summed E-state index contributed by atoms with van der Waals surface area (Å²) in [5.41, 5.74) is 1.10. The molecule has 0 heterocycles. The van der Waals surface area contributed by atoms with Crippen LogP contribution in [0.5, 0.6) is 17.2 Å². The zero-order valence-corrected chi connectivity index (χ0v) is 17.8. The number of carbonyl (C=O) groups is 1. The van der Waals surface area contributed by atoms with E-state index >= 15 is 0 Å². The van der Waals surface area contributed by atoms with Gasteiger partial charge in [0.25, 0.3) is 0 Å². The summed E-state index contributed by atoms with van der Waals surface area (Å²) in [6, 6.07) is 12.0. The number of nitrogens with one attached hydrogen (secondary N) is 1. The highest BCUT2D eigenvalue weighted by atomic mass is 32.2. The first-order valence-electron chi connectivity index (χ1n) is 8.96. The number of anilines is 1. The van der Waals surface area contributed by atoms with E-state index in [-0.39, 0.29) is 24.5 Å². The molecule has 1 amide bonds. The fraction of sp³-hybridized carbons (Fsp3) is 0.350. The Bertz CT molecular complexity index is 946. The number of hydrogen-bond donors (Lipinski definition) is 1. The lowest BCUT2D eigenvalue weighted by molar-refractivity contribution is -0.119. The predicted octanol–water partition coefficient (Wildman–Crippen LogP) is 2.18. The van der Waals surface area contributed by atoms with Gasteiger partial charge < -0.3 is 19.5 Å². The summed E-state index contributed by atoms with van der Waals surface area (Å²) in [7, 11) is -0.813. The molecule has 158 valence electrons. The third-order valence-corrected chi connectivity index (χ3v) is 5.17. The van der Waals surface area contributed by atoms with Crippen LogP contribution in [0.15, 0.2) is 42.5 Å². The van der Waals surface area contributed by atoms with Gasteiger partial charge in [-0.1, -0.05) is 12.1 Å². The maximum absolute atomic E-state index is 12.5. The normalized spacial score (nSPS) is 10.9. The van der Waals surface area contributed by atoms with E-state index in [1.807, 2.05) is 31.2 Å². The van der Waals surface area contributed by atoms with Crippen molar-refractivity contribution < 1.29 is 27.4 Å². The standard InChI is InChI=1S/C20H26N2O6S/c1-5-28-17-8-6-7-15(11-17)13-21-20(23)14-22(29(4,24)25)18-10-9-16(26-2)12-19(18)27-3/h6-12H,5,13-14H2,1-4H3,(H,21,23). The highest BCUT2D eigenvalue weighted by molar-refractivity contribution is 7.92. The van der Waals surface area contributed by atoms with Gasteiger partial charge >= 0.3 is 0 Å². The van der Waals surface area contributed by atoms with E-state index in [1.165, 1.54) is 20.3 Å². The Morgan fingerprint density at radius 1 is 1.07 bits per heavy atom. The molecule has 0 aliphatic carbocycles. The first-order chi connectivity index (χ1) is 13.8. The minimum atomic E-state index is -3.73. The van der Waals surface area contributed by atoms with Crippen LogP contribution in [0.4, 0.5) is 5.69 Å². The summed E-state index contributed by atoms with van der Waals surface area (Å²) in [6.07, 6.45) is 1.04. The van der Waals surface area contributed by atoms with Crippen LogP contribution >= 0.6 is 0 Å². The summed E-state index contributed by atoms with van der Waals surface area (Å²) in [4.78, 5) is 12.5. The Hall–Kier alpha value is -2.94. The Balaban J connectivity index is 2.15. The monoisotopic (exact) mass is 422 g/mol. The molecule has 0 unspecified atom stereocenters. The lowest BCUT2D eigenvalue weighted by Gasteiger charge is -2.24. The molecular formula is C20H26N2O6S.